The number of hydrogen-bond donors (Lipinski definition) is 1. The Morgan fingerprint density at radius 1 is 1.09 bits per heavy atom. The van der Waals surface area contributed by atoms with Gasteiger partial charge in [-0.05, 0) is 91.7 Å². The van der Waals surface area contributed by atoms with Crippen LogP contribution >= 0.6 is 45.8 Å². The first-order valence-electron chi connectivity index (χ1n) is 10.9. The van der Waals surface area contributed by atoms with Crippen molar-refractivity contribution in [1.29, 1.82) is 0 Å². The smallest absolute Gasteiger partial charge is 0.244 e. The third-order valence-corrected chi connectivity index (χ3v) is 7.48. The van der Waals surface area contributed by atoms with Crippen molar-refractivity contribution in [3.63, 3.8) is 0 Å². The van der Waals surface area contributed by atoms with Gasteiger partial charge in [-0.1, -0.05) is 36.2 Å². The van der Waals surface area contributed by atoms with Gasteiger partial charge in [0.05, 0.1) is 11.9 Å². The zero-order valence-electron chi connectivity index (χ0n) is 20.3. The normalized spacial score (nSPS) is 12.7. The van der Waals surface area contributed by atoms with E-state index in [9.17, 15) is 18.0 Å². The summed E-state index contributed by atoms with van der Waals surface area (Å²) in [7, 11) is -3.79. The van der Waals surface area contributed by atoms with Crippen LogP contribution in [-0.2, 0) is 26.2 Å². The van der Waals surface area contributed by atoms with Gasteiger partial charge in [-0.3, -0.25) is 13.9 Å². The van der Waals surface area contributed by atoms with E-state index in [-0.39, 0.29) is 12.5 Å². The van der Waals surface area contributed by atoms with E-state index in [1.54, 1.807) is 49.4 Å². The molecular formula is C24H30Cl2IN3O4S. The third kappa shape index (κ3) is 8.80. The lowest BCUT2D eigenvalue weighted by Crippen LogP contribution is -2.55. The molecule has 0 radical (unpaired) electrons. The monoisotopic (exact) mass is 653 g/mol. The molecule has 1 unspecified atom stereocenters. The Kier molecular flexibility index (Phi) is 10.3. The Morgan fingerprint density at radius 2 is 1.69 bits per heavy atom. The van der Waals surface area contributed by atoms with Crippen molar-refractivity contribution in [2.75, 3.05) is 17.1 Å². The second-order valence-corrected chi connectivity index (χ2v) is 13.2. The molecule has 2 aromatic rings. The molecule has 7 nitrogen and oxygen atoms in total. The number of halogens is 3. The highest BCUT2D eigenvalue weighted by molar-refractivity contribution is 14.1. The van der Waals surface area contributed by atoms with Crippen LogP contribution in [0.5, 0.6) is 0 Å². The lowest BCUT2D eigenvalue weighted by atomic mass is 10.1. The molecule has 0 bridgehead atoms. The molecule has 2 aromatic carbocycles. The van der Waals surface area contributed by atoms with Gasteiger partial charge in [-0.2, -0.15) is 0 Å². The summed E-state index contributed by atoms with van der Waals surface area (Å²) in [6.45, 7) is 6.88. The number of nitrogens with zero attached hydrogens (tertiary/aromatic N) is 2. The topological polar surface area (TPSA) is 86.8 Å². The van der Waals surface area contributed by atoms with Crippen LogP contribution in [0.2, 0.25) is 10.0 Å². The van der Waals surface area contributed by atoms with E-state index in [2.05, 4.69) is 27.9 Å². The fraction of sp³-hybridized carbons (Fsp3) is 0.417. The molecule has 11 heteroatoms. The van der Waals surface area contributed by atoms with E-state index in [1.165, 1.54) is 4.90 Å². The molecule has 0 heterocycles. The zero-order chi connectivity index (χ0) is 26.6. The number of anilines is 1. The molecular weight excluding hydrogens is 624 g/mol. The molecule has 35 heavy (non-hydrogen) atoms. The van der Waals surface area contributed by atoms with Crippen LogP contribution in [0.3, 0.4) is 0 Å². The Balaban J connectivity index is 2.48. The summed E-state index contributed by atoms with van der Waals surface area (Å²) in [6.07, 6.45) is 1.36. The highest BCUT2D eigenvalue weighted by Crippen LogP contribution is 2.25. The van der Waals surface area contributed by atoms with Gasteiger partial charge >= 0.3 is 0 Å². The summed E-state index contributed by atoms with van der Waals surface area (Å²) in [4.78, 5) is 28.2. The summed E-state index contributed by atoms with van der Waals surface area (Å²) < 4.78 is 27.2. The Hall–Kier alpha value is -1.56. The minimum Gasteiger partial charge on any atom is -0.350 e. The summed E-state index contributed by atoms with van der Waals surface area (Å²) in [5, 5.41) is 3.70. The quantitative estimate of drug-likeness (QED) is 0.382. The molecule has 0 aliphatic heterocycles. The maximum Gasteiger partial charge on any atom is 0.244 e. The molecule has 0 aliphatic rings. The summed E-state index contributed by atoms with van der Waals surface area (Å²) in [6, 6.07) is 10.9. The van der Waals surface area contributed by atoms with E-state index < -0.39 is 34.1 Å². The van der Waals surface area contributed by atoms with E-state index in [0.717, 1.165) is 14.1 Å². The number of nitrogens with one attached hydrogen (secondary N) is 1. The van der Waals surface area contributed by atoms with Gasteiger partial charge in [0.1, 0.15) is 12.6 Å². The van der Waals surface area contributed by atoms with Crippen LogP contribution in [-0.4, -0.2) is 49.5 Å². The van der Waals surface area contributed by atoms with Crippen molar-refractivity contribution in [3.05, 3.63) is 61.6 Å². The second kappa shape index (κ2) is 12.1. The second-order valence-electron chi connectivity index (χ2n) is 9.17. The highest BCUT2D eigenvalue weighted by Gasteiger charge is 2.33. The number of benzene rings is 2. The fourth-order valence-corrected chi connectivity index (χ4v) is 5.10. The van der Waals surface area contributed by atoms with Crippen molar-refractivity contribution in [2.24, 2.45) is 0 Å². The minimum atomic E-state index is -3.79. The van der Waals surface area contributed by atoms with Crippen LogP contribution in [0.25, 0.3) is 0 Å². The maximum atomic E-state index is 13.7. The predicted octanol–water partition coefficient (Wildman–Crippen LogP) is 5.09. The molecule has 2 rings (SSSR count). The van der Waals surface area contributed by atoms with Gasteiger partial charge in [0.25, 0.3) is 0 Å². The van der Waals surface area contributed by atoms with Gasteiger partial charge < -0.3 is 10.2 Å². The summed E-state index contributed by atoms with van der Waals surface area (Å²) in [5.74, 6) is -0.866. The predicted molar refractivity (Wildman–Crippen MR) is 150 cm³/mol. The van der Waals surface area contributed by atoms with Crippen molar-refractivity contribution in [3.8, 4) is 0 Å². The third-order valence-electron chi connectivity index (χ3n) is 5.03. The standard InChI is InChI=1S/C24H30Cl2IN3O4S/c1-6-21(23(32)28-24(2,3)4)29(14-16-7-8-17(25)13-20(16)26)22(31)15-30(35(5,33)34)19-11-9-18(27)10-12-19/h7-13,21H,6,14-15H2,1-5H3,(H,28,32). The minimum absolute atomic E-state index is 0.00912. The zero-order valence-corrected chi connectivity index (χ0v) is 24.8. The fourth-order valence-electron chi connectivity index (χ4n) is 3.43. The van der Waals surface area contributed by atoms with Crippen LogP contribution < -0.4 is 9.62 Å². The van der Waals surface area contributed by atoms with Crippen molar-refractivity contribution < 1.29 is 18.0 Å². The average Bonchev–Trinajstić information content (AvgIpc) is 2.72. The number of carbonyl (C=O) groups is 2. The van der Waals surface area contributed by atoms with Gasteiger partial charge in [0, 0.05) is 25.7 Å². The molecule has 2 amide bonds. The van der Waals surface area contributed by atoms with Crippen LogP contribution in [0.1, 0.15) is 39.7 Å². The van der Waals surface area contributed by atoms with Crippen LogP contribution in [0, 0.1) is 3.57 Å². The van der Waals surface area contributed by atoms with E-state index in [4.69, 9.17) is 23.2 Å². The maximum absolute atomic E-state index is 13.7. The largest absolute Gasteiger partial charge is 0.350 e. The Bertz CT molecular complexity index is 1170. The summed E-state index contributed by atoms with van der Waals surface area (Å²) in [5.41, 5.74) is 0.432. The Morgan fingerprint density at radius 3 is 2.17 bits per heavy atom. The first-order chi connectivity index (χ1) is 16.1. The van der Waals surface area contributed by atoms with Gasteiger partial charge in [-0.25, -0.2) is 8.42 Å². The lowest BCUT2D eigenvalue weighted by Gasteiger charge is -2.34. The SMILES string of the molecule is CCC(C(=O)NC(C)(C)C)N(Cc1ccc(Cl)cc1Cl)C(=O)CN(c1ccc(I)cc1)S(C)(=O)=O. The first-order valence-corrected chi connectivity index (χ1v) is 14.6. The summed E-state index contributed by atoms with van der Waals surface area (Å²) >= 11 is 14.5. The number of carbonyl (C=O) groups excluding carboxylic acids is 2. The number of rotatable bonds is 9. The molecule has 0 aromatic heterocycles. The van der Waals surface area contributed by atoms with E-state index >= 15 is 0 Å². The lowest BCUT2D eigenvalue weighted by molar-refractivity contribution is -0.141. The number of hydrogen-bond acceptors (Lipinski definition) is 4. The first kappa shape index (κ1) is 29.7. The number of amides is 2. The molecule has 0 saturated heterocycles. The van der Waals surface area contributed by atoms with E-state index in [0.29, 0.717) is 27.7 Å². The van der Waals surface area contributed by atoms with E-state index in [1.807, 2.05) is 20.8 Å². The average molecular weight is 654 g/mol. The highest BCUT2D eigenvalue weighted by atomic mass is 127. The van der Waals surface area contributed by atoms with Crippen LogP contribution in [0.15, 0.2) is 42.5 Å². The van der Waals surface area contributed by atoms with Crippen molar-refractivity contribution >= 4 is 73.3 Å². The molecule has 0 spiro atoms. The molecule has 0 aliphatic carbocycles. The molecule has 1 N–H and O–H groups in total. The molecule has 1 atom stereocenters. The molecule has 0 saturated carbocycles. The molecule has 0 fully saturated rings. The Labute approximate surface area is 231 Å². The molecule has 192 valence electrons. The number of sulfonamides is 1. The van der Waals surface area contributed by atoms with Crippen molar-refractivity contribution in [2.45, 2.75) is 52.2 Å². The van der Waals surface area contributed by atoms with Crippen LogP contribution in [0.4, 0.5) is 5.69 Å². The van der Waals surface area contributed by atoms with Gasteiger partial charge in [0.2, 0.25) is 21.8 Å². The van der Waals surface area contributed by atoms with Gasteiger partial charge in [-0.15, -0.1) is 0 Å². The van der Waals surface area contributed by atoms with Gasteiger partial charge in [0.15, 0.2) is 0 Å². The van der Waals surface area contributed by atoms with Crippen molar-refractivity contribution in [1.82, 2.24) is 10.2 Å².